The molecule has 0 aromatic heterocycles. The lowest BCUT2D eigenvalue weighted by Gasteiger charge is -2.22. The van der Waals surface area contributed by atoms with Gasteiger partial charge in [-0.15, -0.1) is 24.0 Å². The molecule has 0 radical (unpaired) electrons. The monoisotopic (exact) mass is 499 g/mol. The maximum absolute atomic E-state index is 11.9. The van der Waals surface area contributed by atoms with E-state index in [9.17, 15) is 9.59 Å². The topological polar surface area (TPSA) is 99.8 Å². The standard InChI is InChI=1S/C20H29N5O2.HI/c1-22-20(25-12-16-4-2-3-5-17(16)13-25)24-10-14-6-8-15(9-7-14)19(27)23-11-18(21)26;/h6-9,16-17H,2-5,10-13H2,1H3,(H2,21,26)(H,22,24)(H,23,27);1H. The minimum absolute atomic E-state index is 0. The molecule has 28 heavy (non-hydrogen) atoms. The molecular formula is C20H30IN5O2. The van der Waals surface area contributed by atoms with Crippen LogP contribution in [0.3, 0.4) is 0 Å². The first-order valence-corrected chi connectivity index (χ1v) is 9.68. The van der Waals surface area contributed by atoms with Gasteiger partial charge in [-0.1, -0.05) is 25.0 Å². The largest absolute Gasteiger partial charge is 0.368 e. The van der Waals surface area contributed by atoms with Gasteiger partial charge in [-0.3, -0.25) is 14.6 Å². The van der Waals surface area contributed by atoms with Gasteiger partial charge in [0.1, 0.15) is 0 Å². The van der Waals surface area contributed by atoms with Crippen molar-refractivity contribution in [2.75, 3.05) is 26.7 Å². The molecule has 2 fully saturated rings. The number of benzene rings is 1. The third kappa shape index (κ3) is 5.83. The fourth-order valence-corrected chi connectivity index (χ4v) is 4.14. The molecule has 1 aromatic carbocycles. The van der Waals surface area contributed by atoms with Gasteiger partial charge in [0.15, 0.2) is 5.96 Å². The molecular weight excluding hydrogens is 469 g/mol. The molecule has 1 aliphatic carbocycles. The number of nitrogens with two attached hydrogens (primary N) is 1. The second-order valence-corrected chi connectivity index (χ2v) is 7.46. The van der Waals surface area contributed by atoms with Crippen LogP contribution in [0.5, 0.6) is 0 Å². The first-order chi connectivity index (χ1) is 13.1. The summed E-state index contributed by atoms with van der Waals surface area (Å²) in [6.07, 6.45) is 5.41. The van der Waals surface area contributed by atoms with Crippen LogP contribution in [0.4, 0.5) is 0 Å². The number of hydrogen-bond acceptors (Lipinski definition) is 3. The summed E-state index contributed by atoms with van der Waals surface area (Å²) in [5, 5.41) is 5.92. The fourth-order valence-electron chi connectivity index (χ4n) is 4.14. The number of guanidine groups is 1. The van der Waals surface area contributed by atoms with Crippen molar-refractivity contribution in [3.05, 3.63) is 35.4 Å². The Morgan fingerprint density at radius 3 is 2.25 bits per heavy atom. The molecule has 1 aliphatic heterocycles. The zero-order valence-corrected chi connectivity index (χ0v) is 18.6. The van der Waals surface area contributed by atoms with Crippen molar-refractivity contribution >= 4 is 41.8 Å². The van der Waals surface area contributed by atoms with Gasteiger partial charge in [-0.05, 0) is 42.4 Å². The smallest absolute Gasteiger partial charge is 0.251 e. The van der Waals surface area contributed by atoms with Gasteiger partial charge >= 0.3 is 0 Å². The molecule has 2 amide bonds. The highest BCUT2D eigenvalue weighted by atomic mass is 127. The van der Waals surface area contributed by atoms with Gasteiger partial charge in [0.2, 0.25) is 5.91 Å². The van der Waals surface area contributed by atoms with Crippen molar-refractivity contribution in [2.24, 2.45) is 22.6 Å². The van der Waals surface area contributed by atoms with Crippen LogP contribution in [0, 0.1) is 11.8 Å². The van der Waals surface area contributed by atoms with Crippen LogP contribution in [0.1, 0.15) is 41.6 Å². The number of amides is 2. The lowest BCUT2D eigenvalue weighted by molar-refractivity contribution is -0.117. The predicted molar refractivity (Wildman–Crippen MR) is 121 cm³/mol. The lowest BCUT2D eigenvalue weighted by Crippen LogP contribution is -2.39. The van der Waals surface area contributed by atoms with Gasteiger partial charge < -0.3 is 21.3 Å². The summed E-state index contributed by atoms with van der Waals surface area (Å²) in [7, 11) is 1.83. The van der Waals surface area contributed by atoms with Crippen LogP contribution < -0.4 is 16.4 Å². The van der Waals surface area contributed by atoms with Gasteiger partial charge in [0, 0.05) is 32.2 Å². The highest BCUT2D eigenvalue weighted by Gasteiger charge is 2.35. The lowest BCUT2D eigenvalue weighted by atomic mass is 9.82. The number of primary amides is 1. The average Bonchev–Trinajstić information content (AvgIpc) is 3.11. The molecule has 2 atom stereocenters. The molecule has 4 N–H and O–H groups in total. The van der Waals surface area contributed by atoms with E-state index in [0.717, 1.165) is 36.4 Å². The maximum atomic E-state index is 11.9. The zero-order valence-electron chi connectivity index (χ0n) is 16.3. The minimum atomic E-state index is -0.558. The molecule has 7 nitrogen and oxygen atoms in total. The SMILES string of the molecule is CN=C(NCc1ccc(C(=O)NCC(N)=O)cc1)N1CC2CCCCC2C1.I. The number of nitrogens with zero attached hydrogens (tertiary/aromatic N) is 2. The van der Waals surface area contributed by atoms with E-state index >= 15 is 0 Å². The van der Waals surface area contributed by atoms with Crippen LogP contribution in [0.15, 0.2) is 29.3 Å². The molecule has 1 aromatic rings. The normalized spacial score (nSPS) is 21.5. The van der Waals surface area contributed by atoms with Crippen molar-refractivity contribution in [2.45, 2.75) is 32.2 Å². The Hall–Kier alpha value is -1.84. The Morgan fingerprint density at radius 2 is 1.71 bits per heavy atom. The Balaban J connectivity index is 0.00000280. The highest BCUT2D eigenvalue weighted by molar-refractivity contribution is 14.0. The molecule has 2 unspecified atom stereocenters. The molecule has 1 saturated carbocycles. The van der Waals surface area contributed by atoms with Crippen LogP contribution in [-0.2, 0) is 11.3 Å². The van der Waals surface area contributed by atoms with Crippen molar-refractivity contribution in [1.29, 1.82) is 0 Å². The highest BCUT2D eigenvalue weighted by Crippen LogP contribution is 2.35. The van der Waals surface area contributed by atoms with Crippen molar-refractivity contribution in [3.63, 3.8) is 0 Å². The van der Waals surface area contributed by atoms with Crippen LogP contribution in [-0.4, -0.2) is 49.4 Å². The molecule has 0 bridgehead atoms. The van der Waals surface area contributed by atoms with E-state index in [1.807, 2.05) is 19.2 Å². The number of nitrogens with one attached hydrogen (secondary N) is 2. The number of aliphatic imine (C=N–C) groups is 1. The summed E-state index contributed by atoms with van der Waals surface area (Å²) in [6, 6.07) is 7.31. The van der Waals surface area contributed by atoms with E-state index in [-0.39, 0.29) is 36.4 Å². The summed E-state index contributed by atoms with van der Waals surface area (Å²) in [5.41, 5.74) is 6.61. The van der Waals surface area contributed by atoms with Gasteiger partial charge in [-0.2, -0.15) is 0 Å². The van der Waals surface area contributed by atoms with E-state index in [1.165, 1.54) is 25.7 Å². The number of halogens is 1. The third-order valence-electron chi connectivity index (χ3n) is 5.58. The van der Waals surface area contributed by atoms with Gasteiger partial charge in [0.25, 0.3) is 5.91 Å². The molecule has 8 heteroatoms. The van der Waals surface area contributed by atoms with E-state index in [2.05, 4.69) is 20.5 Å². The van der Waals surface area contributed by atoms with E-state index in [0.29, 0.717) is 12.1 Å². The summed E-state index contributed by atoms with van der Waals surface area (Å²) in [6.45, 7) is 2.70. The molecule has 2 aliphatic rings. The van der Waals surface area contributed by atoms with Crippen molar-refractivity contribution in [1.82, 2.24) is 15.5 Å². The first-order valence-electron chi connectivity index (χ1n) is 9.68. The molecule has 1 heterocycles. The van der Waals surface area contributed by atoms with Crippen molar-refractivity contribution in [3.8, 4) is 0 Å². The van der Waals surface area contributed by atoms with Crippen LogP contribution >= 0.6 is 24.0 Å². The number of carbonyl (C=O) groups is 2. The molecule has 0 spiro atoms. The number of hydrogen-bond donors (Lipinski definition) is 3. The van der Waals surface area contributed by atoms with E-state index < -0.39 is 5.91 Å². The Labute approximate surface area is 183 Å². The maximum Gasteiger partial charge on any atom is 0.251 e. The van der Waals surface area contributed by atoms with E-state index in [1.54, 1.807) is 12.1 Å². The number of fused-ring (bicyclic) bond motifs is 1. The summed E-state index contributed by atoms with van der Waals surface area (Å²) in [5.74, 6) is 1.72. The second kappa shape index (κ2) is 10.6. The predicted octanol–water partition coefficient (Wildman–Crippen LogP) is 1.72. The molecule has 1 saturated heterocycles. The van der Waals surface area contributed by atoms with Crippen LogP contribution in [0.25, 0.3) is 0 Å². The average molecular weight is 499 g/mol. The summed E-state index contributed by atoms with van der Waals surface area (Å²) in [4.78, 5) is 29.5. The Kier molecular flexibility index (Phi) is 8.53. The number of likely N-dealkylation sites (tertiary alicyclic amines) is 1. The van der Waals surface area contributed by atoms with Gasteiger partial charge in [-0.25, -0.2) is 0 Å². The summed E-state index contributed by atoms with van der Waals surface area (Å²) >= 11 is 0. The Morgan fingerprint density at radius 1 is 1.11 bits per heavy atom. The zero-order chi connectivity index (χ0) is 19.2. The Bertz CT molecular complexity index is 693. The van der Waals surface area contributed by atoms with E-state index in [4.69, 9.17) is 5.73 Å². The van der Waals surface area contributed by atoms with Crippen LogP contribution in [0.2, 0.25) is 0 Å². The van der Waals surface area contributed by atoms with Crippen molar-refractivity contribution < 1.29 is 9.59 Å². The third-order valence-corrected chi connectivity index (χ3v) is 5.58. The van der Waals surface area contributed by atoms with Gasteiger partial charge in [0.05, 0.1) is 6.54 Å². The second-order valence-electron chi connectivity index (χ2n) is 7.46. The summed E-state index contributed by atoms with van der Waals surface area (Å²) < 4.78 is 0. The molecule has 154 valence electrons. The first kappa shape index (κ1) is 22.4. The quantitative estimate of drug-likeness (QED) is 0.327. The fraction of sp³-hybridized carbons (Fsp3) is 0.550. The number of rotatable bonds is 5. The minimum Gasteiger partial charge on any atom is -0.368 e. The number of carbonyl (C=O) groups excluding carboxylic acids is 2. The molecule has 3 rings (SSSR count).